The summed E-state index contributed by atoms with van der Waals surface area (Å²) in [6, 6.07) is 116. The minimum atomic E-state index is 0.884. The Morgan fingerprint density at radius 2 is 0.466 bits per heavy atom. The van der Waals surface area contributed by atoms with Crippen molar-refractivity contribution < 1.29 is 8.83 Å². The molecular weight excluding hydrogens is 1060 g/mol. The second-order valence-electron chi connectivity index (χ2n) is 23.4. The van der Waals surface area contributed by atoms with Crippen LogP contribution in [0.25, 0.3) is 187 Å². The number of hydrogen-bond donors (Lipinski definition) is 0. The molecule has 0 N–H and O–H groups in total. The molecule has 0 fully saturated rings. The first-order chi connectivity index (χ1) is 43.6. The van der Waals surface area contributed by atoms with E-state index in [1.807, 2.05) is 12.1 Å². The molecule has 0 atom stereocenters. The smallest absolute Gasteiger partial charge is 0.135 e. The predicted octanol–water partition coefficient (Wildman–Crippen LogP) is 24.6. The highest BCUT2D eigenvalue weighted by atomic mass is 16.3. The number of fused-ring (bicyclic) bond motifs is 11. The highest BCUT2D eigenvalue weighted by molar-refractivity contribution is 6.26. The predicted molar refractivity (Wildman–Crippen MR) is 372 cm³/mol. The van der Waals surface area contributed by atoms with Crippen LogP contribution in [-0.4, -0.2) is 0 Å². The molecule has 408 valence electrons. The third kappa shape index (κ3) is 8.04. The summed E-state index contributed by atoms with van der Waals surface area (Å²) in [4.78, 5) is 0. The lowest BCUT2D eigenvalue weighted by molar-refractivity contribution is 0.668. The largest absolute Gasteiger partial charge is 0.456 e. The van der Waals surface area contributed by atoms with Crippen molar-refractivity contribution in [1.82, 2.24) is 0 Å². The molecule has 0 aliphatic rings. The Morgan fingerprint density at radius 1 is 0.148 bits per heavy atom. The van der Waals surface area contributed by atoms with Crippen molar-refractivity contribution >= 4 is 97.7 Å². The lowest BCUT2D eigenvalue weighted by atomic mass is 9.82. The van der Waals surface area contributed by atoms with Gasteiger partial charge in [0.25, 0.3) is 0 Å². The summed E-state index contributed by atoms with van der Waals surface area (Å²) in [6.07, 6.45) is 0. The summed E-state index contributed by atoms with van der Waals surface area (Å²) in [5, 5.41) is 16.5. The first kappa shape index (κ1) is 49.8. The van der Waals surface area contributed by atoms with Gasteiger partial charge in [-0.05, 0) is 204 Å². The van der Waals surface area contributed by atoms with Gasteiger partial charge in [-0.1, -0.05) is 255 Å². The minimum absolute atomic E-state index is 0.884. The third-order valence-electron chi connectivity index (χ3n) is 18.4. The van der Waals surface area contributed by atoms with Crippen LogP contribution in [0.4, 0.5) is 0 Å². The summed E-state index contributed by atoms with van der Waals surface area (Å²) in [6.45, 7) is 0. The van der Waals surface area contributed by atoms with E-state index in [4.69, 9.17) is 8.83 Å². The zero-order chi connectivity index (χ0) is 57.8. The second kappa shape index (κ2) is 20.0. The molecule has 0 saturated heterocycles. The zero-order valence-electron chi connectivity index (χ0n) is 47.8. The van der Waals surface area contributed by atoms with Crippen LogP contribution in [0.5, 0.6) is 0 Å². The molecular formula is C86H52O2. The molecule has 0 aliphatic carbocycles. The van der Waals surface area contributed by atoms with Crippen molar-refractivity contribution in [3.05, 3.63) is 315 Å². The molecule has 18 rings (SSSR count). The fourth-order valence-electron chi connectivity index (χ4n) is 14.3. The van der Waals surface area contributed by atoms with Crippen LogP contribution >= 0.6 is 0 Å². The average Bonchev–Trinajstić information content (AvgIpc) is 1.15. The van der Waals surface area contributed by atoms with Crippen molar-refractivity contribution in [2.45, 2.75) is 0 Å². The Morgan fingerprint density at radius 3 is 1.01 bits per heavy atom. The van der Waals surface area contributed by atoms with Gasteiger partial charge < -0.3 is 8.83 Å². The molecule has 2 heteroatoms. The van der Waals surface area contributed by atoms with E-state index in [0.29, 0.717) is 0 Å². The van der Waals surface area contributed by atoms with E-state index >= 15 is 0 Å². The number of furan rings is 2. The second-order valence-corrected chi connectivity index (χ2v) is 23.4. The van der Waals surface area contributed by atoms with Crippen molar-refractivity contribution in [2.75, 3.05) is 0 Å². The van der Waals surface area contributed by atoms with Gasteiger partial charge in [-0.15, -0.1) is 0 Å². The topological polar surface area (TPSA) is 26.3 Å². The van der Waals surface area contributed by atoms with Crippen molar-refractivity contribution in [3.8, 4) is 89.0 Å². The van der Waals surface area contributed by atoms with E-state index in [1.165, 1.54) is 109 Å². The van der Waals surface area contributed by atoms with Crippen molar-refractivity contribution in [3.63, 3.8) is 0 Å². The Labute approximate surface area is 508 Å². The van der Waals surface area contributed by atoms with Gasteiger partial charge in [0.15, 0.2) is 0 Å². The molecule has 0 bridgehead atoms. The molecule has 2 aromatic heterocycles. The number of rotatable bonds is 8. The highest BCUT2D eigenvalue weighted by Crippen LogP contribution is 2.50. The number of para-hydroxylation sites is 2. The molecule has 88 heavy (non-hydrogen) atoms. The summed E-state index contributed by atoms with van der Waals surface area (Å²) in [5.74, 6) is 0. The first-order valence-corrected chi connectivity index (χ1v) is 30.3. The SMILES string of the molecule is c1ccc(-c2ccc(-c3c4ccccc4c(-c4ccc5oc6ccccc6c5c4)c4ccc(-c5cccc(-c6ccc7c(-c8ccc9oc%10ccccc%10c9c8)c8ccc(-c9ccccc9)cc8c(-c8cccc9ccccc89)c7c6)c5)cc34)cc2)cc1. The van der Waals surface area contributed by atoms with Gasteiger partial charge in [-0.2, -0.15) is 0 Å². The van der Waals surface area contributed by atoms with Gasteiger partial charge in [-0.3, -0.25) is 0 Å². The van der Waals surface area contributed by atoms with Gasteiger partial charge in [0.05, 0.1) is 0 Å². The van der Waals surface area contributed by atoms with Crippen LogP contribution < -0.4 is 0 Å². The number of benzene rings is 16. The molecule has 16 aromatic carbocycles. The molecule has 2 heterocycles. The monoisotopic (exact) mass is 1120 g/mol. The summed E-state index contributed by atoms with van der Waals surface area (Å²) < 4.78 is 12.8. The Hall–Kier alpha value is -11.6. The normalized spacial score (nSPS) is 11.9. The summed E-state index contributed by atoms with van der Waals surface area (Å²) in [5.41, 5.74) is 22.4. The van der Waals surface area contributed by atoms with Crippen LogP contribution in [0, 0.1) is 0 Å². The Bertz CT molecular complexity index is 5840. The summed E-state index contributed by atoms with van der Waals surface area (Å²) in [7, 11) is 0. The van der Waals surface area contributed by atoms with Crippen LogP contribution in [0.2, 0.25) is 0 Å². The quantitative estimate of drug-likeness (QED) is 0.142. The van der Waals surface area contributed by atoms with Crippen LogP contribution in [0.15, 0.2) is 324 Å². The average molecular weight is 1120 g/mol. The van der Waals surface area contributed by atoms with Gasteiger partial charge >= 0.3 is 0 Å². The van der Waals surface area contributed by atoms with Crippen LogP contribution in [0.3, 0.4) is 0 Å². The van der Waals surface area contributed by atoms with Crippen LogP contribution in [0.1, 0.15) is 0 Å². The number of hydrogen-bond acceptors (Lipinski definition) is 2. The molecule has 0 unspecified atom stereocenters. The maximum atomic E-state index is 6.43. The third-order valence-corrected chi connectivity index (χ3v) is 18.4. The Balaban J connectivity index is 0.861. The highest BCUT2D eigenvalue weighted by Gasteiger charge is 2.23. The van der Waals surface area contributed by atoms with Crippen LogP contribution in [-0.2, 0) is 0 Å². The fourth-order valence-corrected chi connectivity index (χ4v) is 14.3. The molecule has 0 saturated carbocycles. The van der Waals surface area contributed by atoms with E-state index in [2.05, 4.69) is 303 Å². The first-order valence-electron chi connectivity index (χ1n) is 30.3. The van der Waals surface area contributed by atoms with E-state index < -0.39 is 0 Å². The standard InChI is InChI=1S/C86H52O2/c1-3-17-53(18-4-1)55-33-35-57(36-34-55)83-69-28-9-10-29-70(69)84(63-40-45-81-74(51-63)66-26-11-13-31-79(66)87-81)71-43-38-61(49-76(71)83)58-23-15-24-59(47-58)62-39-44-73-78(50-62)86(68-30-16-22-56-21-7-8-25-65(56)68)77-48-60(54-19-5-2-6-20-54)37-42-72(77)85(73)64-41-46-82-75(52-64)67-27-12-14-32-80(67)88-82/h1-52H. The maximum Gasteiger partial charge on any atom is 0.135 e. The lowest BCUT2D eigenvalue weighted by Crippen LogP contribution is -1.93. The van der Waals surface area contributed by atoms with E-state index in [1.54, 1.807) is 0 Å². The summed E-state index contributed by atoms with van der Waals surface area (Å²) >= 11 is 0. The zero-order valence-corrected chi connectivity index (χ0v) is 47.8. The maximum absolute atomic E-state index is 6.43. The minimum Gasteiger partial charge on any atom is -0.456 e. The lowest BCUT2D eigenvalue weighted by Gasteiger charge is -2.21. The van der Waals surface area contributed by atoms with Gasteiger partial charge in [0.2, 0.25) is 0 Å². The molecule has 0 aliphatic heterocycles. The van der Waals surface area contributed by atoms with Gasteiger partial charge in [-0.25, -0.2) is 0 Å². The fraction of sp³-hybridized carbons (Fsp3) is 0. The molecule has 0 amide bonds. The van der Waals surface area contributed by atoms with E-state index in [0.717, 1.165) is 77.3 Å². The van der Waals surface area contributed by atoms with E-state index in [9.17, 15) is 0 Å². The molecule has 0 spiro atoms. The van der Waals surface area contributed by atoms with Crippen molar-refractivity contribution in [2.24, 2.45) is 0 Å². The van der Waals surface area contributed by atoms with E-state index in [-0.39, 0.29) is 0 Å². The molecule has 2 nitrogen and oxygen atoms in total. The van der Waals surface area contributed by atoms with Gasteiger partial charge in [0.1, 0.15) is 22.3 Å². The van der Waals surface area contributed by atoms with Crippen molar-refractivity contribution in [1.29, 1.82) is 0 Å². The Kier molecular flexibility index (Phi) is 11.3. The van der Waals surface area contributed by atoms with Gasteiger partial charge in [0, 0.05) is 21.5 Å². The molecule has 0 radical (unpaired) electrons. The molecule has 18 aromatic rings.